The second-order valence-electron chi connectivity index (χ2n) is 11.3. The highest BCUT2D eigenvalue weighted by atomic mass is 16.5. The Labute approximate surface area is 239 Å². The second kappa shape index (κ2) is 7.74. The van der Waals surface area contributed by atoms with Crippen LogP contribution in [0, 0.1) is 0 Å². The molecule has 0 saturated carbocycles. The summed E-state index contributed by atoms with van der Waals surface area (Å²) in [7, 11) is 0. The van der Waals surface area contributed by atoms with Crippen molar-refractivity contribution < 1.29 is 4.74 Å². The van der Waals surface area contributed by atoms with Gasteiger partial charge in [0.05, 0.1) is 22.7 Å². The molecule has 0 saturated heterocycles. The lowest BCUT2D eigenvalue weighted by Gasteiger charge is -2.48. The zero-order valence-corrected chi connectivity index (χ0v) is 22.2. The van der Waals surface area contributed by atoms with Gasteiger partial charge in [-0.1, -0.05) is 95.9 Å². The van der Waals surface area contributed by atoms with Crippen LogP contribution in [0.4, 0.5) is 34.1 Å². The third-order valence-electron chi connectivity index (χ3n) is 9.31. The zero-order chi connectivity index (χ0) is 26.7. The first-order valence-electron chi connectivity index (χ1n) is 14.3. The molecule has 10 rings (SSSR count). The number of para-hydroxylation sites is 5. The van der Waals surface area contributed by atoms with Crippen LogP contribution in [0.3, 0.4) is 0 Å². The molecule has 6 aromatic rings. The van der Waals surface area contributed by atoms with Crippen LogP contribution in [-0.2, 0) is 0 Å². The molecule has 4 heterocycles. The highest BCUT2D eigenvalue weighted by Crippen LogP contribution is 2.54. The summed E-state index contributed by atoms with van der Waals surface area (Å²) in [5.41, 5.74) is 15.3. The molecule has 41 heavy (non-hydrogen) atoms. The van der Waals surface area contributed by atoms with Crippen LogP contribution in [0.2, 0.25) is 0 Å². The number of anilines is 6. The van der Waals surface area contributed by atoms with Crippen LogP contribution in [0.15, 0.2) is 133 Å². The first-order chi connectivity index (χ1) is 20.4. The van der Waals surface area contributed by atoms with Crippen molar-refractivity contribution in [2.24, 2.45) is 0 Å². The Hall–Kier alpha value is -5.15. The standard InChI is InChI=1S/C36H22B2N2O/c1-2-11-23(12-3-1)39-28-17-5-6-18-29(28)40-30-19-8-14-25-34(30)38(27-16-9-20-31(39)36(27)40)26-15-10-22-33-35(26)37(25)24-13-4-7-21-32(24)41-33/h1-22H. The van der Waals surface area contributed by atoms with Crippen LogP contribution in [0.25, 0.3) is 0 Å². The molecule has 6 aromatic carbocycles. The molecule has 0 atom stereocenters. The number of rotatable bonds is 1. The summed E-state index contributed by atoms with van der Waals surface area (Å²) in [5.74, 6) is 1.93. The summed E-state index contributed by atoms with van der Waals surface area (Å²) in [5, 5.41) is 0. The molecule has 0 aromatic heterocycles. The third-order valence-corrected chi connectivity index (χ3v) is 9.31. The van der Waals surface area contributed by atoms with Crippen molar-refractivity contribution in [3.05, 3.63) is 133 Å². The van der Waals surface area contributed by atoms with E-state index in [0.29, 0.717) is 0 Å². The first-order valence-corrected chi connectivity index (χ1v) is 14.3. The Morgan fingerprint density at radius 2 is 0.951 bits per heavy atom. The van der Waals surface area contributed by atoms with Gasteiger partial charge >= 0.3 is 0 Å². The van der Waals surface area contributed by atoms with Crippen molar-refractivity contribution in [3.63, 3.8) is 0 Å². The smallest absolute Gasteiger partial charge is 0.249 e. The quantitative estimate of drug-likeness (QED) is 0.292. The van der Waals surface area contributed by atoms with Gasteiger partial charge in [-0.3, -0.25) is 0 Å². The van der Waals surface area contributed by atoms with E-state index in [4.69, 9.17) is 4.74 Å². The van der Waals surface area contributed by atoms with Crippen molar-refractivity contribution in [1.82, 2.24) is 0 Å². The Bertz CT molecular complexity index is 2080. The van der Waals surface area contributed by atoms with Crippen molar-refractivity contribution in [2.75, 3.05) is 9.80 Å². The van der Waals surface area contributed by atoms with E-state index < -0.39 is 0 Å². The summed E-state index contributed by atoms with van der Waals surface area (Å²) in [4.78, 5) is 4.94. The summed E-state index contributed by atoms with van der Waals surface area (Å²) in [6, 6.07) is 48.5. The molecule has 0 fully saturated rings. The Balaban J connectivity index is 1.32. The van der Waals surface area contributed by atoms with E-state index in [0.717, 1.165) is 11.5 Å². The van der Waals surface area contributed by atoms with Crippen LogP contribution >= 0.6 is 0 Å². The topological polar surface area (TPSA) is 15.7 Å². The number of benzene rings is 6. The number of hydrogen-bond donors (Lipinski definition) is 0. The summed E-state index contributed by atoms with van der Waals surface area (Å²) in [6.45, 7) is 0.262. The highest BCUT2D eigenvalue weighted by molar-refractivity contribution is 7.13. The Morgan fingerprint density at radius 1 is 0.390 bits per heavy atom. The van der Waals surface area contributed by atoms with Crippen LogP contribution in [-0.4, -0.2) is 13.4 Å². The molecule has 0 spiro atoms. The van der Waals surface area contributed by atoms with E-state index in [1.165, 1.54) is 66.9 Å². The lowest BCUT2D eigenvalue weighted by Crippen LogP contribution is -2.77. The molecule has 0 aliphatic carbocycles. The lowest BCUT2D eigenvalue weighted by atomic mass is 9.20. The lowest BCUT2D eigenvalue weighted by molar-refractivity contribution is 0.488. The number of hydrogen-bond acceptors (Lipinski definition) is 3. The van der Waals surface area contributed by atoms with E-state index in [1.807, 2.05) is 0 Å². The number of nitrogens with zero attached hydrogens (tertiary/aromatic N) is 2. The molecule has 4 aliphatic rings. The van der Waals surface area contributed by atoms with Crippen LogP contribution in [0.5, 0.6) is 11.5 Å². The largest absolute Gasteiger partial charge is 0.458 e. The third kappa shape index (κ3) is 2.66. The van der Waals surface area contributed by atoms with Crippen molar-refractivity contribution in [3.8, 4) is 11.5 Å². The molecule has 0 radical (unpaired) electrons. The van der Waals surface area contributed by atoms with Gasteiger partial charge in [-0.15, -0.1) is 0 Å². The minimum Gasteiger partial charge on any atom is -0.458 e. The van der Waals surface area contributed by atoms with Gasteiger partial charge in [0.15, 0.2) is 0 Å². The predicted molar refractivity (Wildman–Crippen MR) is 172 cm³/mol. The second-order valence-corrected chi connectivity index (χ2v) is 11.3. The molecule has 4 aliphatic heterocycles. The fourth-order valence-corrected chi connectivity index (χ4v) is 7.83. The average molecular weight is 520 g/mol. The van der Waals surface area contributed by atoms with Gasteiger partial charge in [-0.2, -0.15) is 0 Å². The molecule has 5 heteroatoms. The molecule has 0 unspecified atom stereocenters. The predicted octanol–water partition coefficient (Wildman–Crippen LogP) is 4.70. The van der Waals surface area contributed by atoms with E-state index in [9.17, 15) is 0 Å². The SMILES string of the molecule is c1ccc(N2c3ccccc3N3c4cccc5c4B(c4cccc6c4B5c4ccccc4O6)c4cccc2c43)cc1. The molecular weight excluding hydrogens is 498 g/mol. The monoisotopic (exact) mass is 520 g/mol. The van der Waals surface area contributed by atoms with E-state index in [-0.39, 0.29) is 13.4 Å². The molecular formula is C36H22B2N2O. The van der Waals surface area contributed by atoms with Gasteiger partial charge in [-0.05, 0) is 70.4 Å². The summed E-state index contributed by atoms with van der Waals surface area (Å²) in [6.07, 6.45) is 0. The molecule has 0 N–H and O–H groups in total. The average Bonchev–Trinajstić information content (AvgIpc) is 3.03. The minimum atomic E-state index is 0.121. The Morgan fingerprint density at radius 3 is 1.80 bits per heavy atom. The van der Waals surface area contributed by atoms with Gasteiger partial charge < -0.3 is 14.5 Å². The van der Waals surface area contributed by atoms with Crippen LogP contribution < -0.4 is 47.3 Å². The van der Waals surface area contributed by atoms with Gasteiger partial charge in [0, 0.05) is 11.4 Å². The number of fused-ring (bicyclic) bond motifs is 8. The summed E-state index contributed by atoms with van der Waals surface area (Å²) >= 11 is 0. The zero-order valence-electron chi connectivity index (χ0n) is 22.2. The van der Waals surface area contributed by atoms with Gasteiger partial charge in [0.1, 0.15) is 11.5 Å². The van der Waals surface area contributed by atoms with E-state index in [2.05, 4.69) is 143 Å². The minimum absolute atomic E-state index is 0.121. The van der Waals surface area contributed by atoms with Gasteiger partial charge in [0.25, 0.3) is 0 Å². The molecule has 0 bridgehead atoms. The fraction of sp³-hybridized carbons (Fsp3) is 0. The summed E-state index contributed by atoms with van der Waals surface area (Å²) < 4.78 is 6.55. The van der Waals surface area contributed by atoms with Crippen molar-refractivity contribution in [1.29, 1.82) is 0 Å². The molecule has 3 nitrogen and oxygen atoms in total. The van der Waals surface area contributed by atoms with Crippen molar-refractivity contribution >= 4 is 80.3 Å². The van der Waals surface area contributed by atoms with Gasteiger partial charge in [-0.25, -0.2) is 0 Å². The number of ether oxygens (including phenoxy) is 1. The maximum absolute atomic E-state index is 6.55. The molecule has 0 amide bonds. The van der Waals surface area contributed by atoms with Crippen LogP contribution in [0.1, 0.15) is 0 Å². The van der Waals surface area contributed by atoms with E-state index in [1.54, 1.807) is 0 Å². The maximum atomic E-state index is 6.55. The normalized spacial score (nSPS) is 14.3. The molecule has 188 valence electrons. The maximum Gasteiger partial charge on any atom is 0.249 e. The Kier molecular flexibility index (Phi) is 4.08. The highest BCUT2D eigenvalue weighted by Gasteiger charge is 2.49. The van der Waals surface area contributed by atoms with Crippen molar-refractivity contribution in [2.45, 2.75) is 0 Å². The fourth-order valence-electron chi connectivity index (χ4n) is 7.83. The van der Waals surface area contributed by atoms with Gasteiger partial charge in [0.2, 0.25) is 13.4 Å². The first kappa shape index (κ1) is 21.6. The van der Waals surface area contributed by atoms with E-state index >= 15 is 0 Å².